The summed E-state index contributed by atoms with van der Waals surface area (Å²) in [5, 5.41) is 19.0. The minimum Gasteiger partial charge on any atom is -0.426 e. The molecule has 1 aliphatic heterocycles. The zero-order valence-electron chi connectivity index (χ0n) is 14.6. The Balaban J connectivity index is 1.71. The van der Waals surface area contributed by atoms with E-state index in [9.17, 15) is 14.8 Å². The molecule has 8 heteroatoms. The van der Waals surface area contributed by atoms with Gasteiger partial charge in [0.1, 0.15) is 0 Å². The molecule has 3 rings (SSSR count). The van der Waals surface area contributed by atoms with E-state index in [4.69, 9.17) is 0 Å². The molecule has 0 aliphatic carbocycles. The SMILES string of the molecule is O=C(CN(Cc1ccccn1)Cc1ccccn1)N1CCCC1B(O)O. The maximum Gasteiger partial charge on any atom is 0.475 e. The molecule has 0 aromatic carbocycles. The molecule has 2 aromatic rings. The van der Waals surface area contributed by atoms with E-state index < -0.39 is 13.1 Å². The third-order valence-electron chi connectivity index (χ3n) is 4.55. The number of hydrogen-bond acceptors (Lipinski definition) is 6. The Bertz CT molecular complexity index is 661. The van der Waals surface area contributed by atoms with Gasteiger partial charge in [-0.3, -0.25) is 19.7 Å². The van der Waals surface area contributed by atoms with Gasteiger partial charge in [-0.25, -0.2) is 0 Å². The van der Waals surface area contributed by atoms with Crippen LogP contribution in [0.1, 0.15) is 24.2 Å². The van der Waals surface area contributed by atoms with E-state index in [0.29, 0.717) is 26.1 Å². The highest BCUT2D eigenvalue weighted by atomic mass is 16.4. The molecule has 136 valence electrons. The van der Waals surface area contributed by atoms with Crippen LogP contribution in [0.25, 0.3) is 0 Å². The molecule has 7 nitrogen and oxygen atoms in total. The molecule has 1 amide bonds. The minimum atomic E-state index is -1.50. The Morgan fingerprint density at radius 3 is 2.23 bits per heavy atom. The third kappa shape index (κ3) is 4.88. The van der Waals surface area contributed by atoms with E-state index in [1.807, 2.05) is 41.3 Å². The van der Waals surface area contributed by atoms with Crippen molar-refractivity contribution in [1.82, 2.24) is 19.8 Å². The van der Waals surface area contributed by atoms with Crippen LogP contribution < -0.4 is 0 Å². The lowest BCUT2D eigenvalue weighted by molar-refractivity contribution is -0.132. The summed E-state index contributed by atoms with van der Waals surface area (Å²) in [5.74, 6) is -0.624. The molecule has 0 bridgehead atoms. The molecule has 3 heterocycles. The van der Waals surface area contributed by atoms with Gasteiger partial charge in [-0.15, -0.1) is 0 Å². The van der Waals surface area contributed by atoms with Gasteiger partial charge in [0.15, 0.2) is 0 Å². The Morgan fingerprint density at radius 2 is 1.73 bits per heavy atom. The molecule has 0 spiro atoms. The Kier molecular flexibility index (Phi) is 6.33. The molecule has 0 radical (unpaired) electrons. The summed E-state index contributed by atoms with van der Waals surface area (Å²) in [6, 6.07) is 11.4. The highest BCUT2D eigenvalue weighted by molar-refractivity contribution is 6.43. The van der Waals surface area contributed by atoms with E-state index in [2.05, 4.69) is 9.97 Å². The number of carbonyl (C=O) groups excluding carboxylic acids is 1. The summed E-state index contributed by atoms with van der Waals surface area (Å²) in [4.78, 5) is 25.0. The maximum absolute atomic E-state index is 12.8. The van der Waals surface area contributed by atoms with Crippen LogP contribution in [0.5, 0.6) is 0 Å². The van der Waals surface area contributed by atoms with Crippen LogP contribution in [0.4, 0.5) is 0 Å². The lowest BCUT2D eigenvalue weighted by atomic mass is 9.78. The van der Waals surface area contributed by atoms with Crippen LogP contribution in [0.3, 0.4) is 0 Å². The molecular formula is C18H23BN4O3. The van der Waals surface area contributed by atoms with Gasteiger partial charge in [-0.1, -0.05) is 12.1 Å². The number of hydrogen-bond donors (Lipinski definition) is 2. The number of carbonyl (C=O) groups is 1. The van der Waals surface area contributed by atoms with Crippen molar-refractivity contribution in [3.05, 3.63) is 60.2 Å². The van der Waals surface area contributed by atoms with Crippen molar-refractivity contribution < 1.29 is 14.8 Å². The number of amides is 1. The highest BCUT2D eigenvalue weighted by Crippen LogP contribution is 2.19. The molecule has 1 fully saturated rings. The van der Waals surface area contributed by atoms with Gasteiger partial charge in [0.2, 0.25) is 5.91 Å². The molecule has 1 unspecified atom stereocenters. The standard InChI is InChI=1S/C18H23BN4O3/c24-18(23-11-5-8-17(23)19(25)26)14-22(12-15-6-1-3-9-20-15)13-16-7-2-4-10-21-16/h1-4,6-7,9-10,17,25-26H,5,8,11-14H2. The van der Waals surface area contributed by atoms with Crippen LogP contribution in [0.15, 0.2) is 48.8 Å². The monoisotopic (exact) mass is 354 g/mol. The van der Waals surface area contributed by atoms with Crippen molar-refractivity contribution in [2.24, 2.45) is 0 Å². The number of rotatable bonds is 7. The zero-order valence-corrected chi connectivity index (χ0v) is 14.6. The lowest BCUT2D eigenvalue weighted by Crippen LogP contribution is -2.48. The first-order valence-corrected chi connectivity index (χ1v) is 8.81. The molecule has 1 saturated heterocycles. The van der Waals surface area contributed by atoms with Crippen molar-refractivity contribution in [2.75, 3.05) is 13.1 Å². The van der Waals surface area contributed by atoms with Crippen molar-refractivity contribution in [2.45, 2.75) is 31.9 Å². The third-order valence-corrected chi connectivity index (χ3v) is 4.55. The summed E-state index contributed by atoms with van der Waals surface area (Å²) in [5.41, 5.74) is 1.74. The molecule has 2 N–H and O–H groups in total. The average molecular weight is 354 g/mol. The van der Waals surface area contributed by atoms with Crippen molar-refractivity contribution in [1.29, 1.82) is 0 Å². The van der Waals surface area contributed by atoms with E-state index in [-0.39, 0.29) is 12.5 Å². The first-order chi connectivity index (χ1) is 12.6. The largest absolute Gasteiger partial charge is 0.475 e. The Labute approximate surface area is 153 Å². The van der Waals surface area contributed by atoms with Gasteiger partial charge in [0, 0.05) is 32.0 Å². The van der Waals surface area contributed by atoms with Gasteiger partial charge >= 0.3 is 7.12 Å². The van der Waals surface area contributed by atoms with Crippen LogP contribution in [-0.2, 0) is 17.9 Å². The summed E-state index contributed by atoms with van der Waals surface area (Å²) in [6.45, 7) is 1.77. The van der Waals surface area contributed by atoms with Crippen LogP contribution in [-0.4, -0.2) is 61.9 Å². The van der Waals surface area contributed by atoms with Crippen molar-refractivity contribution in [3.8, 4) is 0 Å². The normalized spacial score (nSPS) is 16.9. The Hall–Kier alpha value is -2.29. The van der Waals surface area contributed by atoms with E-state index >= 15 is 0 Å². The van der Waals surface area contributed by atoms with E-state index in [1.54, 1.807) is 17.3 Å². The smallest absolute Gasteiger partial charge is 0.426 e. The van der Waals surface area contributed by atoms with E-state index in [1.165, 1.54) is 0 Å². The number of aromatic nitrogens is 2. The van der Waals surface area contributed by atoms with E-state index in [0.717, 1.165) is 17.8 Å². The predicted molar refractivity (Wildman–Crippen MR) is 97.5 cm³/mol. The average Bonchev–Trinajstić information content (AvgIpc) is 3.14. The number of pyridine rings is 2. The fraction of sp³-hybridized carbons (Fsp3) is 0.389. The molecule has 26 heavy (non-hydrogen) atoms. The summed E-state index contributed by atoms with van der Waals surface area (Å²) in [6.07, 6.45) is 4.86. The van der Waals surface area contributed by atoms with Crippen molar-refractivity contribution in [3.63, 3.8) is 0 Å². The lowest BCUT2D eigenvalue weighted by Gasteiger charge is -2.28. The first-order valence-electron chi connectivity index (χ1n) is 8.81. The fourth-order valence-electron chi connectivity index (χ4n) is 3.30. The molecular weight excluding hydrogens is 331 g/mol. The predicted octanol–water partition coefficient (Wildman–Crippen LogP) is 0.482. The van der Waals surface area contributed by atoms with Gasteiger partial charge in [0.25, 0.3) is 0 Å². The fourth-order valence-corrected chi connectivity index (χ4v) is 3.30. The second-order valence-electron chi connectivity index (χ2n) is 6.50. The maximum atomic E-state index is 12.8. The highest BCUT2D eigenvalue weighted by Gasteiger charge is 2.37. The quantitative estimate of drug-likeness (QED) is 0.703. The van der Waals surface area contributed by atoms with Crippen LogP contribution in [0, 0.1) is 0 Å². The second kappa shape index (κ2) is 8.89. The number of likely N-dealkylation sites (tertiary alicyclic amines) is 1. The zero-order chi connectivity index (χ0) is 18.4. The van der Waals surface area contributed by atoms with Crippen LogP contribution in [0.2, 0.25) is 0 Å². The van der Waals surface area contributed by atoms with Gasteiger partial charge in [-0.2, -0.15) is 0 Å². The topological polar surface area (TPSA) is 89.8 Å². The van der Waals surface area contributed by atoms with Gasteiger partial charge < -0.3 is 14.9 Å². The summed E-state index contributed by atoms with van der Waals surface area (Å²) in [7, 11) is -1.50. The van der Waals surface area contributed by atoms with Gasteiger partial charge in [0.05, 0.1) is 23.9 Å². The van der Waals surface area contributed by atoms with Crippen LogP contribution >= 0.6 is 0 Å². The molecule has 1 atom stereocenters. The molecule has 2 aromatic heterocycles. The first kappa shape index (κ1) is 18.5. The Morgan fingerprint density at radius 1 is 1.12 bits per heavy atom. The minimum absolute atomic E-state index is 0.104. The number of nitrogens with zero attached hydrogens (tertiary/aromatic N) is 4. The summed E-state index contributed by atoms with van der Waals surface area (Å²) >= 11 is 0. The second-order valence-corrected chi connectivity index (χ2v) is 6.50. The van der Waals surface area contributed by atoms with Crippen molar-refractivity contribution >= 4 is 13.0 Å². The van der Waals surface area contributed by atoms with Gasteiger partial charge in [-0.05, 0) is 37.1 Å². The molecule has 1 aliphatic rings. The molecule has 0 saturated carbocycles. The summed E-state index contributed by atoms with van der Waals surface area (Å²) < 4.78 is 0.